The van der Waals surface area contributed by atoms with Gasteiger partial charge < -0.3 is 0 Å². The summed E-state index contributed by atoms with van der Waals surface area (Å²) < 4.78 is 0. The molecule has 3 nitrogen and oxygen atoms in total. The van der Waals surface area contributed by atoms with E-state index in [2.05, 4.69) is 105 Å². The predicted octanol–water partition coefficient (Wildman–Crippen LogP) is 8.33. The van der Waals surface area contributed by atoms with Crippen LogP contribution in [-0.2, 0) is 5.41 Å². The quantitative estimate of drug-likeness (QED) is 0.258. The fourth-order valence-electron chi connectivity index (χ4n) is 5.45. The van der Waals surface area contributed by atoms with Gasteiger partial charge in [0.2, 0.25) is 0 Å². The Balaban J connectivity index is 1.32. The molecular weight excluding hydrogens is 450 g/mol. The Morgan fingerprint density at radius 3 is 1.86 bits per heavy atom. The summed E-state index contributed by atoms with van der Waals surface area (Å²) in [6.07, 6.45) is 0. The van der Waals surface area contributed by atoms with Crippen molar-refractivity contribution in [3.8, 4) is 45.0 Å². The summed E-state index contributed by atoms with van der Waals surface area (Å²) in [5.41, 5.74) is 11.6. The third-order valence-electron chi connectivity index (χ3n) is 7.51. The van der Waals surface area contributed by atoms with Crippen molar-refractivity contribution in [2.24, 2.45) is 0 Å². The Hall–Kier alpha value is -4.63. The second-order valence-electron chi connectivity index (χ2n) is 10.1. The normalized spacial score (nSPS) is 13.4. The van der Waals surface area contributed by atoms with Gasteiger partial charge >= 0.3 is 0 Å². The molecule has 3 heteroatoms. The van der Waals surface area contributed by atoms with E-state index < -0.39 is 0 Å². The molecule has 3 aromatic carbocycles. The van der Waals surface area contributed by atoms with E-state index >= 15 is 0 Å². The molecule has 0 saturated heterocycles. The van der Waals surface area contributed by atoms with Crippen LogP contribution in [0.4, 0.5) is 0 Å². The summed E-state index contributed by atoms with van der Waals surface area (Å²) >= 11 is 0. The van der Waals surface area contributed by atoms with Crippen LogP contribution in [-0.4, -0.2) is 15.0 Å². The van der Waals surface area contributed by atoms with Crippen LogP contribution < -0.4 is 0 Å². The van der Waals surface area contributed by atoms with Crippen molar-refractivity contribution in [3.63, 3.8) is 0 Å². The maximum atomic E-state index is 5.16. The smallest absolute Gasteiger partial charge is 0.160 e. The van der Waals surface area contributed by atoms with Crippen LogP contribution in [0.3, 0.4) is 0 Å². The largest absolute Gasteiger partial charge is 0.246 e. The first-order chi connectivity index (χ1) is 18.1. The van der Waals surface area contributed by atoms with Gasteiger partial charge in [-0.05, 0) is 58.7 Å². The lowest BCUT2D eigenvalue weighted by Gasteiger charge is -2.21. The van der Waals surface area contributed by atoms with Crippen LogP contribution in [0.15, 0.2) is 115 Å². The number of hydrogen-bond donors (Lipinski definition) is 0. The van der Waals surface area contributed by atoms with Crippen molar-refractivity contribution >= 4 is 11.0 Å². The van der Waals surface area contributed by atoms with E-state index in [1.165, 1.54) is 27.8 Å². The molecule has 0 unspecified atom stereocenters. The summed E-state index contributed by atoms with van der Waals surface area (Å²) in [7, 11) is 0. The molecule has 7 rings (SSSR count). The molecule has 6 aromatic rings. The number of hydrogen-bond acceptors (Lipinski definition) is 3. The standard InChI is InChI=1S/C34H25N3/c1-34(2)27-17-20-30(35-32(27)26-16-13-25(21-28(26)34)22-9-5-3-6-10-22)31-19-15-24-14-18-29(36-33(24)37-31)23-11-7-4-8-12-23/h3-21H,1-2H3. The molecule has 0 atom stereocenters. The topological polar surface area (TPSA) is 38.7 Å². The van der Waals surface area contributed by atoms with E-state index in [0.717, 1.165) is 39.4 Å². The SMILES string of the molecule is CC1(C)c2cc(-c3ccccc3)ccc2-c2nc(-c3ccc4ccc(-c5ccccc5)nc4n3)ccc21. The van der Waals surface area contributed by atoms with Crippen molar-refractivity contribution in [2.45, 2.75) is 19.3 Å². The maximum Gasteiger partial charge on any atom is 0.160 e. The molecule has 0 aliphatic heterocycles. The van der Waals surface area contributed by atoms with Crippen LogP contribution in [0.1, 0.15) is 25.0 Å². The summed E-state index contributed by atoms with van der Waals surface area (Å²) in [5, 5.41) is 1.02. The van der Waals surface area contributed by atoms with Crippen molar-refractivity contribution in [1.29, 1.82) is 0 Å². The third-order valence-corrected chi connectivity index (χ3v) is 7.51. The summed E-state index contributed by atoms with van der Waals surface area (Å²) in [6.45, 7) is 4.58. The van der Waals surface area contributed by atoms with Crippen LogP contribution >= 0.6 is 0 Å². The Morgan fingerprint density at radius 2 is 1.11 bits per heavy atom. The molecule has 0 spiro atoms. The van der Waals surface area contributed by atoms with E-state index in [-0.39, 0.29) is 5.41 Å². The Kier molecular flexibility index (Phi) is 4.80. The highest BCUT2D eigenvalue weighted by Crippen LogP contribution is 2.49. The van der Waals surface area contributed by atoms with Gasteiger partial charge in [-0.1, -0.05) is 92.7 Å². The van der Waals surface area contributed by atoms with E-state index in [4.69, 9.17) is 15.0 Å². The number of rotatable bonds is 3. The second-order valence-corrected chi connectivity index (χ2v) is 10.1. The van der Waals surface area contributed by atoms with Gasteiger partial charge in [-0.25, -0.2) is 15.0 Å². The minimum absolute atomic E-state index is 0.121. The number of aromatic nitrogens is 3. The van der Waals surface area contributed by atoms with Gasteiger partial charge in [0.15, 0.2) is 5.65 Å². The average molecular weight is 476 g/mol. The Labute approximate surface area is 216 Å². The third kappa shape index (κ3) is 3.54. The zero-order valence-corrected chi connectivity index (χ0v) is 20.8. The molecule has 3 aromatic heterocycles. The van der Waals surface area contributed by atoms with Crippen LogP contribution in [0.25, 0.3) is 56.1 Å². The number of fused-ring (bicyclic) bond motifs is 4. The molecule has 0 amide bonds. The van der Waals surface area contributed by atoms with Gasteiger partial charge in [0, 0.05) is 21.9 Å². The van der Waals surface area contributed by atoms with Gasteiger partial charge in [0.25, 0.3) is 0 Å². The lowest BCUT2D eigenvalue weighted by Crippen LogP contribution is -2.15. The van der Waals surface area contributed by atoms with Gasteiger partial charge in [0.1, 0.15) is 0 Å². The van der Waals surface area contributed by atoms with E-state index in [1.54, 1.807) is 0 Å². The van der Waals surface area contributed by atoms with Crippen molar-refractivity contribution in [3.05, 3.63) is 126 Å². The fraction of sp³-hybridized carbons (Fsp3) is 0.0882. The number of benzene rings is 3. The fourth-order valence-corrected chi connectivity index (χ4v) is 5.45. The number of nitrogens with zero attached hydrogens (tertiary/aromatic N) is 3. The Morgan fingerprint density at radius 1 is 0.486 bits per heavy atom. The molecule has 0 bridgehead atoms. The molecule has 3 heterocycles. The first kappa shape index (κ1) is 21.6. The monoisotopic (exact) mass is 475 g/mol. The average Bonchev–Trinajstić information content (AvgIpc) is 3.19. The predicted molar refractivity (Wildman–Crippen MR) is 151 cm³/mol. The molecule has 176 valence electrons. The maximum absolute atomic E-state index is 5.16. The van der Waals surface area contributed by atoms with Gasteiger partial charge in [-0.2, -0.15) is 0 Å². The Bertz CT molecular complexity index is 1790. The minimum atomic E-state index is -0.121. The number of pyridine rings is 3. The van der Waals surface area contributed by atoms with Crippen LogP contribution in [0, 0.1) is 0 Å². The highest BCUT2D eigenvalue weighted by molar-refractivity contribution is 5.84. The first-order valence-electron chi connectivity index (χ1n) is 12.6. The van der Waals surface area contributed by atoms with Crippen molar-refractivity contribution in [1.82, 2.24) is 15.0 Å². The molecule has 0 saturated carbocycles. The molecule has 0 N–H and O–H groups in total. The van der Waals surface area contributed by atoms with Crippen LogP contribution in [0.5, 0.6) is 0 Å². The highest BCUT2D eigenvalue weighted by Gasteiger charge is 2.37. The molecule has 1 aliphatic rings. The summed E-state index contributed by atoms with van der Waals surface area (Å²) in [5.74, 6) is 0. The highest BCUT2D eigenvalue weighted by atomic mass is 14.9. The zero-order chi connectivity index (χ0) is 25.0. The minimum Gasteiger partial charge on any atom is -0.246 e. The van der Waals surface area contributed by atoms with Gasteiger partial charge in [-0.3, -0.25) is 0 Å². The van der Waals surface area contributed by atoms with Crippen LogP contribution in [0.2, 0.25) is 0 Å². The molecule has 0 radical (unpaired) electrons. The van der Waals surface area contributed by atoms with Gasteiger partial charge in [-0.15, -0.1) is 0 Å². The lowest BCUT2D eigenvalue weighted by molar-refractivity contribution is 0.659. The summed E-state index contributed by atoms with van der Waals surface area (Å²) in [6, 6.07) is 40.1. The molecule has 0 fully saturated rings. The molecule has 1 aliphatic carbocycles. The van der Waals surface area contributed by atoms with Gasteiger partial charge in [0.05, 0.1) is 22.8 Å². The van der Waals surface area contributed by atoms with Crippen molar-refractivity contribution < 1.29 is 0 Å². The summed E-state index contributed by atoms with van der Waals surface area (Å²) in [4.78, 5) is 15.0. The molecule has 37 heavy (non-hydrogen) atoms. The van der Waals surface area contributed by atoms with Crippen molar-refractivity contribution in [2.75, 3.05) is 0 Å². The van der Waals surface area contributed by atoms with E-state index in [0.29, 0.717) is 0 Å². The second kappa shape index (κ2) is 8.21. The van der Waals surface area contributed by atoms with E-state index in [1.807, 2.05) is 24.3 Å². The molecular formula is C34H25N3. The first-order valence-corrected chi connectivity index (χ1v) is 12.6. The zero-order valence-electron chi connectivity index (χ0n) is 20.8. The van der Waals surface area contributed by atoms with E-state index in [9.17, 15) is 0 Å². The lowest BCUT2D eigenvalue weighted by atomic mass is 9.82.